The second-order valence-electron chi connectivity index (χ2n) is 7.64. The van der Waals surface area contributed by atoms with Gasteiger partial charge in [-0.05, 0) is 25.0 Å². The third-order valence-corrected chi connectivity index (χ3v) is 5.87. The van der Waals surface area contributed by atoms with Crippen LogP contribution >= 0.6 is 0 Å². The highest BCUT2D eigenvalue weighted by molar-refractivity contribution is 5.91. The Morgan fingerprint density at radius 2 is 1.64 bits per heavy atom. The van der Waals surface area contributed by atoms with Crippen molar-refractivity contribution in [1.82, 2.24) is 14.9 Å². The molecule has 0 amide bonds. The summed E-state index contributed by atoms with van der Waals surface area (Å²) >= 11 is 0. The maximum atomic E-state index is 5.55. The standard InChI is InChI=1S/C23H26N4O/c1-2-7-18(8-3-1)22-24-21-11-5-4-10-20(21)23(25-22)27-12-6-9-19(17-27)26-13-15-28-16-14-26/h1-5,7-8,10-11,19H,6,9,12-17H2/t19-/m0/s1. The van der Waals surface area contributed by atoms with Crippen LogP contribution in [0.1, 0.15) is 12.8 Å². The highest BCUT2D eigenvalue weighted by atomic mass is 16.5. The summed E-state index contributed by atoms with van der Waals surface area (Å²) in [6.45, 7) is 5.86. The number of nitrogens with zero attached hydrogens (tertiary/aromatic N) is 4. The van der Waals surface area contributed by atoms with Crippen LogP contribution in [-0.2, 0) is 4.74 Å². The molecular formula is C23H26N4O. The summed E-state index contributed by atoms with van der Waals surface area (Å²) in [5, 5.41) is 1.14. The van der Waals surface area contributed by atoms with Crippen LogP contribution in [0.5, 0.6) is 0 Å². The van der Waals surface area contributed by atoms with Gasteiger partial charge in [0.05, 0.1) is 18.7 Å². The number of piperidine rings is 1. The van der Waals surface area contributed by atoms with E-state index in [2.05, 4.69) is 46.2 Å². The highest BCUT2D eigenvalue weighted by Gasteiger charge is 2.28. The summed E-state index contributed by atoms with van der Waals surface area (Å²) < 4.78 is 5.55. The van der Waals surface area contributed by atoms with Crippen molar-refractivity contribution >= 4 is 16.7 Å². The zero-order chi connectivity index (χ0) is 18.8. The molecule has 0 unspecified atom stereocenters. The van der Waals surface area contributed by atoms with Gasteiger partial charge >= 0.3 is 0 Å². The topological polar surface area (TPSA) is 41.5 Å². The smallest absolute Gasteiger partial charge is 0.162 e. The average molecular weight is 374 g/mol. The van der Waals surface area contributed by atoms with Gasteiger partial charge in [-0.1, -0.05) is 42.5 Å². The summed E-state index contributed by atoms with van der Waals surface area (Å²) in [7, 11) is 0. The molecule has 0 spiro atoms. The second kappa shape index (κ2) is 7.86. The molecule has 2 fully saturated rings. The van der Waals surface area contributed by atoms with Crippen molar-refractivity contribution < 1.29 is 4.74 Å². The number of hydrogen-bond donors (Lipinski definition) is 0. The van der Waals surface area contributed by atoms with Crippen molar-refractivity contribution in [1.29, 1.82) is 0 Å². The third kappa shape index (κ3) is 3.48. The lowest BCUT2D eigenvalue weighted by Crippen LogP contribution is -2.51. The Morgan fingerprint density at radius 3 is 2.50 bits per heavy atom. The van der Waals surface area contributed by atoms with Gasteiger partial charge in [0.1, 0.15) is 5.82 Å². The molecule has 5 nitrogen and oxygen atoms in total. The van der Waals surface area contributed by atoms with Crippen LogP contribution < -0.4 is 4.90 Å². The molecule has 2 aliphatic rings. The van der Waals surface area contributed by atoms with E-state index in [-0.39, 0.29) is 0 Å². The van der Waals surface area contributed by atoms with Gasteiger partial charge in [-0.3, -0.25) is 4.90 Å². The molecule has 0 saturated carbocycles. The highest BCUT2D eigenvalue weighted by Crippen LogP contribution is 2.30. The number of morpholine rings is 1. The minimum Gasteiger partial charge on any atom is -0.379 e. The first-order valence-electron chi connectivity index (χ1n) is 10.3. The predicted octanol–water partition coefficient (Wildman–Crippen LogP) is 3.60. The van der Waals surface area contributed by atoms with Gasteiger partial charge in [-0.15, -0.1) is 0 Å². The molecule has 1 atom stereocenters. The average Bonchev–Trinajstić information content (AvgIpc) is 2.79. The molecule has 2 aromatic carbocycles. The first-order chi connectivity index (χ1) is 13.9. The van der Waals surface area contributed by atoms with Gasteiger partial charge in [0.2, 0.25) is 0 Å². The van der Waals surface area contributed by atoms with Crippen LogP contribution in [0.4, 0.5) is 5.82 Å². The summed E-state index contributed by atoms with van der Waals surface area (Å²) in [6, 6.07) is 19.2. The molecular weight excluding hydrogens is 348 g/mol. The van der Waals surface area contributed by atoms with Crippen LogP contribution in [0.3, 0.4) is 0 Å². The molecule has 5 heteroatoms. The van der Waals surface area contributed by atoms with E-state index in [1.54, 1.807) is 0 Å². The number of aromatic nitrogens is 2. The van der Waals surface area contributed by atoms with Gasteiger partial charge in [0.25, 0.3) is 0 Å². The monoisotopic (exact) mass is 374 g/mol. The molecule has 0 radical (unpaired) electrons. The van der Waals surface area contributed by atoms with E-state index < -0.39 is 0 Å². The first kappa shape index (κ1) is 17.6. The Labute approximate surface area is 166 Å². The van der Waals surface area contributed by atoms with Crippen molar-refractivity contribution in [2.75, 3.05) is 44.3 Å². The zero-order valence-corrected chi connectivity index (χ0v) is 16.1. The molecule has 3 aromatic rings. The Morgan fingerprint density at radius 1 is 0.857 bits per heavy atom. The van der Waals surface area contributed by atoms with Gasteiger partial charge in [0, 0.05) is 43.2 Å². The molecule has 2 aliphatic heterocycles. The molecule has 0 N–H and O–H groups in total. The minimum absolute atomic E-state index is 0.576. The number of ether oxygens (including phenoxy) is 1. The molecule has 0 bridgehead atoms. The summed E-state index contributed by atoms with van der Waals surface area (Å²) in [6.07, 6.45) is 2.45. The summed E-state index contributed by atoms with van der Waals surface area (Å²) in [5.74, 6) is 1.88. The summed E-state index contributed by atoms with van der Waals surface area (Å²) in [4.78, 5) is 15.0. The van der Waals surface area contributed by atoms with Gasteiger partial charge in [-0.2, -0.15) is 0 Å². The van der Waals surface area contributed by atoms with Crippen molar-refractivity contribution in [2.24, 2.45) is 0 Å². The van der Waals surface area contributed by atoms with Gasteiger partial charge < -0.3 is 9.64 Å². The van der Waals surface area contributed by atoms with E-state index in [0.29, 0.717) is 6.04 Å². The maximum Gasteiger partial charge on any atom is 0.162 e. The van der Waals surface area contributed by atoms with Crippen LogP contribution in [0.15, 0.2) is 54.6 Å². The Balaban J connectivity index is 1.52. The minimum atomic E-state index is 0.576. The third-order valence-electron chi connectivity index (χ3n) is 5.87. The van der Waals surface area contributed by atoms with E-state index in [4.69, 9.17) is 14.7 Å². The SMILES string of the molecule is c1ccc(-c2nc(N3CCC[C@H](N4CCOCC4)C3)c3ccccc3n2)cc1. The number of fused-ring (bicyclic) bond motifs is 1. The molecule has 5 rings (SSSR count). The lowest BCUT2D eigenvalue weighted by atomic mass is 10.0. The van der Waals surface area contributed by atoms with Crippen molar-refractivity contribution in [3.63, 3.8) is 0 Å². The van der Waals surface area contributed by atoms with E-state index in [0.717, 1.165) is 67.5 Å². The Kier molecular flexibility index (Phi) is 4.93. The van der Waals surface area contributed by atoms with Crippen LogP contribution in [0.2, 0.25) is 0 Å². The normalized spacial score (nSPS) is 21.1. The largest absolute Gasteiger partial charge is 0.379 e. The van der Waals surface area contributed by atoms with Crippen LogP contribution in [-0.4, -0.2) is 60.3 Å². The van der Waals surface area contributed by atoms with Crippen LogP contribution in [0, 0.1) is 0 Å². The van der Waals surface area contributed by atoms with Crippen molar-refractivity contribution in [2.45, 2.75) is 18.9 Å². The number of anilines is 1. The molecule has 3 heterocycles. The number of benzene rings is 2. The molecule has 28 heavy (non-hydrogen) atoms. The zero-order valence-electron chi connectivity index (χ0n) is 16.1. The number of para-hydroxylation sites is 1. The second-order valence-corrected chi connectivity index (χ2v) is 7.64. The Hall–Kier alpha value is -2.50. The number of hydrogen-bond acceptors (Lipinski definition) is 5. The lowest BCUT2D eigenvalue weighted by molar-refractivity contribution is 0.0137. The number of rotatable bonds is 3. The van der Waals surface area contributed by atoms with Gasteiger partial charge in [0.15, 0.2) is 5.82 Å². The maximum absolute atomic E-state index is 5.55. The molecule has 2 saturated heterocycles. The summed E-state index contributed by atoms with van der Waals surface area (Å²) in [5.41, 5.74) is 2.08. The fraction of sp³-hybridized carbons (Fsp3) is 0.391. The Bertz CT molecular complexity index is 940. The van der Waals surface area contributed by atoms with E-state index in [9.17, 15) is 0 Å². The van der Waals surface area contributed by atoms with Crippen LogP contribution in [0.25, 0.3) is 22.3 Å². The van der Waals surface area contributed by atoms with E-state index >= 15 is 0 Å². The fourth-order valence-corrected chi connectivity index (χ4v) is 4.41. The van der Waals surface area contributed by atoms with Gasteiger partial charge in [-0.25, -0.2) is 9.97 Å². The fourth-order valence-electron chi connectivity index (χ4n) is 4.41. The lowest BCUT2D eigenvalue weighted by Gasteiger charge is -2.41. The predicted molar refractivity (Wildman–Crippen MR) is 113 cm³/mol. The van der Waals surface area contributed by atoms with E-state index in [1.165, 1.54) is 12.8 Å². The van der Waals surface area contributed by atoms with Crippen molar-refractivity contribution in [3.05, 3.63) is 54.6 Å². The quantitative estimate of drug-likeness (QED) is 0.701. The van der Waals surface area contributed by atoms with E-state index in [1.807, 2.05) is 18.2 Å². The molecule has 0 aliphatic carbocycles. The first-order valence-corrected chi connectivity index (χ1v) is 10.3. The molecule has 144 valence electrons. The van der Waals surface area contributed by atoms with Crippen molar-refractivity contribution in [3.8, 4) is 11.4 Å². The molecule has 1 aromatic heterocycles.